The van der Waals surface area contributed by atoms with Gasteiger partial charge in [0.2, 0.25) is 0 Å². The molecule has 0 aliphatic heterocycles. The number of carbonyl (C=O) groups excluding carboxylic acids is 1. The predicted octanol–water partition coefficient (Wildman–Crippen LogP) is 0.745. The van der Waals surface area contributed by atoms with Crippen molar-refractivity contribution >= 4 is 17.5 Å². The highest BCUT2D eigenvalue weighted by atomic mass is 35.5. The molecule has 72 valence electrons. The second-order valence-corrected chi connectivity index (χ2v) is 3.28. The number of aromatic nitrogens is 1. The Morgan fingerprint density at radius 1 is 1.85 bits per heavy atom. The molecule has 5 heteroatoms. The van der Waals surface area contributed by atoms with Crippen LogP contribution >= 0.6 is 11.6 Å². The minimum atomic E-state index is -0.190. The van der Waals surface area contributed by atoms with E-state index in [0.29, 0.717) is 17.3 Å². The largest absolute Gasteiger partial charge is 0.356 e. The van der Waals surface area contributed by atoms with Gasteiger partial charge in [-0.15, -0.1) is 0 Å². The summed E-state index contributed by atoms with van der Waals surface area (Å²) in [5, 5.41) is 3.22. The molecule has 4 N–H and O–H groups in total. The number of hydrogen-bond acceptors (Lipinski definition) is 2. The molecule has 0 saturated heterocycles. The molecule has 0 unspecified atom stereocenters. The van der Waals surface area contributed by atoms with E-state index in [-0.39, 0.29) is 11.9 Å². The van der Waals surface area contributed by atoms with Crippen LogP contribution in [-0.2, 0) is 0 Å². The van der Waals surface area contributed by atoms with Gasteiger partial charge in [0.15, 0.2) is 0 Å². The fraction of sp³-hybridized carbons (Fsp3) is 0.375. The Hall–Kier alpha value is -1.00. The Balaban J connectivity index is 2.58. The lowest BCUT2D eigenvalue weighted by atomic mass is 10.3. The van der Waals surface area contributed by atoms with Gasteiger partial charge in [-0.2, -0.15) is 0 Å². The molecule has 0 aromatic carbocycles. The van der Waals surface area contributed by atoms with E-state index in [2.05, 4.69) is 10.3 Å². The topological polar surface area (TPSA) is 70.9 Å². The van der Waals surface area contributed by atoms with Gasteiger partial charge in [0.25, 0.3) is 5.91 Å². The van der Waals surface area contributed by atoms with Crippen LogP contribution < -0.4 is 11.1 Å². The Morgan fingerprint density at radius 3 is 3.00 bits per heavy atom. The lowest BCUT2D eigenvalue weighted by molar-refractivity contribution is 0.0937. The maximum atomic E-state index is 11.4. The Morgan fingerprint density at radius 2 is 2.54 bits per heavy atom. The number of halogens is 1. The lowest BCUT2D eigenvalue weighted by Crippen LogP contribution is -2.37. The number of hydrogen-bond donors (Lipinski definition) is 3. The van der Waals surface area contributed by atoms with Crippen LogP contribution in [0.1, 0.15) is 17.4 Å². The summed E-state index contributed by atoms with van der Waals surface area (Å²) < 4.78 is 0. The van der Waals surface area contributed by atoms with Crippen molar-refractivity contribution in [2.24, 2.45) is 5.73 Å². The minimum absolute atomic E-state index is 0.0328. The summed E-state index contributed by atoms with van der Waals surface area (Å²) in [4.78, 5) is 14.1. The van der Waals surface area contributed by atoms with Gasteiger partial charge >= 0.3 is 0 Å². The van der Waals surface area contributed by atoms with E-state index >= 15 is 0 Å². The van der Waals surface area contributed by atoms with Gasteiger partial charge in [-0.1, -0.05) is 11.6 Å². The summed E-state index contributed by atoms with van der Waals surface area (Å²) in [7, 11) is 0. The molecule has 1 aromatic heterocycles. The molecule has 0 spiro atoms. The van der Waals surface area contributed by atoms with Gasteiger partial charge < -0.3 is 16.0 Å². The van der Waals surface area contributed by atoms with Crippen molar-refractivity contribution in [1.82, 2.24) is 10.3 Å². The molecule has 1 heterocycles. The molecular formula is C8H12ClN3O. The van der Waals surface area contributed by atoms with Gasteiger partial charge in [-0.05, 0) is 13.0 Å². The molecule has 1 aromatic rings. The first-order chi connectivity index (χ1) is 6.13. The van der Waals surface area contributed by atoms with E-state index < -0.39 is 0 Å². The predicted molar refractivity (Wildman–Crippen MR) is 51.8 cm³/mol. The highest BCUT2D eigenvalue weighted by molar-refractivity contribution is 6.30. The smallest absolute Gasteiger partial charge is 0.267 e. The van der Waals surface area contributed by atoms with Crippen molar-refractivity contribution in [2.45, 2.75) is 13.0 Å². The maximum Gasteiger partial charge on any atom is 0.267 e. The molecule has 1 atom stereocenters. The van der Waals surface area contributed by atoms with E-state index in [4.69, 9.17) is 17.3 Å². The molecule has 4 nitrogen and oxygen atoms in total. The third-order valence-electron chi connectivity index (χ3n) is 1.62. The number of amides is 1. The fourth-order valence-electron chi connectivity index (χ4n) is 0.859. The Kier molecular flexibility index (Phi) is 3.33. The minimum Gasteiger partial charge on any atom is -0.356 e. The van der Waals surface area contributed by atoms with E-state index in [1.54, 1.807) is 12.3 Å². The van der Waals surface area contributed by atoms with Crippen LogP contribution in [0.15, 0.2) is 12.3 Å². The second-order valence-electron chi connectivity index (χ2n) is 2.84. The van der Waals surface area contributed by atoms with Crippen LogP contribution in [0.5, 0.6) is 0 Å². The second kappa shape index (κ2) is 4.30. The Labute approximate surface area is 81.5 Å². The Bertz CT molecular complexity index is 297. The molecule has 0 aliphatic rings. The highest BCUT2D eigenvalue weighted by Crippen LogP contribution is 2.09. The fourth-order valence-corrected chi connectivity index (χ4v) is 1.02. The summed E-state index contributed by atoms with van der Waals surface area (Å²) >= 11 is 5.64. The molecule has 1 amide bonds. The zero-order valence-corrected chi connectivity index (χ0v) is 8.06. The third-order valence-corrected chi connectivity index (χ3v) is 1.84. The van der Waals surface area contributed by atoms with Crippen LogP contribution in [0.2, 0.25) is 5.02 Å². The molecular weight excluding hydrogens is 190 g/mol. The monoisotopic (exact) mass is 201 g/mol. The van der Waals surface area contributed by atoms with Crippen molar-refractivity contribution in [1.29, 1.82) is 0 Å². The molecule has 0 saturated carbocycles. The van der Waals surface area contributed by atoms with E-state index in [9.17, 15) is 4.79 Å². The van der Waals surface area contributed by atoms with Gasteiger partial charge in [0.1, 0.15) is 5.69 Å². The van der Waals surface area contributed by atoms with E-state index in [1.165, 1.54) is 0 Å². The first kappa shape index (κ1) is 10.1. The average Bonchev–Trinajstić information content (AvgIpc) is 2.51. The summed E-state index contributed by atoms with van der Waals surface area (Å²) in [6.45, 7) is 2.25. The number of H-pyrrole nitrogens is 1. The molecule has 0 fully saturated rings. The number of carbonyl (C=O) groups is 1. The van der Waals surface area contributed by atoms with Crippen LogP contribution in [0.4, 0.5) is 0 Å². The number of rotatable bonds is 3. The van der Waals surface area contributed by atoms with Gasteiger partial charge in [-0.25, -0.2) is 0 Å². The van der Waals surface area contributed by atoms with Crippen LogP contribution in [0.3, 0.4) is 0 Å². The number of aromatic amines is 1. The normalized spacial score (nSPS) is 12.5. The summed E-state index contributed by atoms with van der Waals surface area (Å²) in [5.74, 6) is -0.190. The number of nitrogens with two attached hydrogens (primary N) is 1. The van der Waals surface area contributed by atoms with Crippen molar-refractivity contribution in [3.63, 3.8) is 0 Å². The van der Waals surface area contributed by atoms with Crippen molar-refractivity contribution in [3.05, 3.63) is 23.0 Å². The van der Waals surface area contributed by atoms with Gasteiger partial charge in [0, 0.05) is 18.8 Å². The van der Waals surface area contributed by atoms with E-state index in [1.807, 2.05) is 6.92 Å². The molecule has 0 aliphatic carbocycles. The van der Waals surface area contributed by atoms with E-state index in [0.717, 1.165) is 0 Å². The van der Waals surface area contributed by atoms with Gasteiger partial charge in [0.05, 0.1) is 5.02 Å². The first-order valence-corrected chi connectivity index (χ1v) is 4.36. The zero-order chi connectivity index (χ0) is 9.84. The van der Waals surface area contributed by atoms with Crippen molar-refractivity contribution < 1.29 is 4.79 Å². The third kappa shape index (κ3) is 2.75. The summed E-state index contributed by atoms with van der Waals surface area (Å²) in [5.41, 5.74) is 5.80. The molecule has 1 rings (SSSR count). The van der Waals surface area contributed by atoms with Crippen LogP contribution in [0, 0.1) is 0 Å². The quantitative estimate of drug-likeness (QED) is 0.675. The maximum absolute atomic E-state index is 11.4. The summed E-state index contributed by atoms with van der Waals surface area (Å²) in [6.07, 6.45) is 1.56. The first-order valence-electron chi connectivity index (χ1n) is 3.98. The standard InChI is InChI=1S/C8H12ClN3O/c1-5(3-10)12-8(13)7-2-6(9)4-11-7/h2,4-5,11H,3,10H2,1H3,(H,12,13)/t5-/m0/s1. The molecule has 0 radical (unpaired) electrons. The van der Waals surface area contributed by atoms with Crippen LogP contribution in [-0.4, -0.2) is 23.5 Å². The molecule has 13 heavy (non-hydrogen) atoms. The molecule has 0 bridgehead atoms. The highest BCUT2D eigenvalue weighted by Gasteiger charge is 2.09. The average molecular weight is 202 g/mol. The number of nitrogens with one attached hydrogen (secondary N) is 2. The summed E-state index contributed by atoms with van der Waals surface area (Å²) in [6, 6.07) is 1.54. The van der Waals surface area contributed by atoms with Crippen molar-refractivity contribution in [3.8, 4) is 0 Å². The van der Waals surface area contributed by atoms with Crippen molar-refractivity contribution in [2.75, 3.05) is 6.54 Å². The SMILES string of the molecule is C[C@@H](CN)NC(=O)c1cc(Cl)c[nH]1. The van der Waals surface area contributed by atoms with Gasteiger partial charge in [-0.3, -0.25) is 4.79 Å². The zero-order valence-electron chi connectivity index (χ0n) is 7.30. The lowest BCUT2D eigenvalue weighted by Gasteiger charge is -2.09. The van der Waals surface area contributed by atoms with Crippen LogP contribution in [0.25, 0.3) is 0 Å².